The SMILES string of the molecule is Cc1ccccc1CNCCc1c[nH]c2ccccc12. The number of hydrogen-bond donors (Lipinski definition) is 2. The summed E-state index contributed by atoms with van der Waals surface area (Å²) in [5, 5.41) is 4.87. The van der Waals surface area contributed by atoms with Crippen LogP contribution in [0.1, 0.15) is 16.7 Å². The van der Waals surface area contributed by atoms with Crippen molar-refractivity contribution in [3.8, 4) is 0 Å². The van der Waals surface area contributed by atoms with E-state index < -0.39 is 0 Å². The molecule has 0 fully saturated rings. The number of aromatic amines is 1. The summed E-state index contributed by atoms with van der Waals surface area (Å²) in [5.41, 5.74) is 5.35. The monoisotopic (exact) mass is 264 g/mol. The molecule has 0 unspecified atom stereocenters. The van der Waals surface area contributed by atoms with Crippen LogP contribution in [-0.4, -0.2) is 11.5 Å². The van der Waals surface area contributed by atoms with E-state index >= 15 is 0 Å². The van der Waals surface area contributed by atoms with Gasteiger partial charge in [0.15, 0.2) is 0 Å². The van der Waals surface area contributed by atoms with Gasteiger partial charge in [0, 0.05) is 23.6 Å². The smallest absolute Gasteiger partial charge is 0.0456 e. The van der Waals surface area contributed by atoms with Gasteiger partial charge in [0.05, 0.1) is 0 Å². The Morgan fingerprint density at radius 3 is 2.65 bits per heavy atom. The van der Waals surface area contributed by atoms with Crippen molar-refractivity contribution in [3.63, 3.8) is 0 Å². The van der Waals surface area contributed by atoms with Crippen molar-refractivity contribution in [2.45, 2.75) is 19.9 Å². The molecule has 0 radical (unpaired) electrons. The maximum Gasteiger partial charge on any atom is 0.0456 e. The second-order valence-corrected chi connectivity index (χ2v) is 5.21. The highest BCUT2D eigenvalue weighted by molar-refractivity contribution is 5.83. The van der Waals surface area contributed by atoms with Gasteiger partial charge in [-0.2, -0.15) is 0 Å². The van der Waals surface area contributed by atoms with Gasteiger partial charge < -0.3 is 10.3 Å². The van der Waals surface area contributed by atoms with Crippen LogP contribution < -0.4 is 5.32 Å². The van der Waals surface area contributed by atoms with Crippen LogP contribution in [0.15, 0.2) is 54.7 Å². The molecule has 2 nitrogen and oxygen atoms in total. The van der Waals surface area contributed by atoms with E-state index in [4.69, 9.17) is 0 Å². The number of para-hydroxylation sites is 1. The molecule has 1 aromatic heterocycles. The van der Waals surface area contributed by atoms with Crippen molar-refractivity contribution in [2.75, 3.05) is 6.54 Å². The highest BCUT2D eigenvalue weighted by atomic mass is 14.8. The molecule has 0 bridgehead atoms. The van der Waals surface area contributed by atoms with E-state index in [-0.39, 0.29) is 0 Å². The van der Waals surface area contributed by atoms with Crippen LogP contribution >= 0.6 is 0 Å². The lowest BCUT2D eigenvalue weighted by molar-refractivity contribution is 0.686. The molecule has 0 saturated heterocycles. The summed E-state index contributed by atoms with van der Waals surface area (Å²) >= 11 is 0. The van der Waals surface area contributed by atoms with Crippen LogP contribution in [0.25, 0.3) is 10.9 Å². The van der Waals surface area contributed by atoms with Gasteiger partial charge in [-0.1, -0.05) is 42.5 Å². The molecule has 2 N–H and O–H groups in total. The maximum atomic E-state index is 3.53. The molecule has 0 aliphatic heterocycles. The molecule has 3 aromatic rings. The van der Waals surface area contributed by atoms with E-state index in [1.165, 1.54) is 27.6 Å². The van der Waals surface area contributed by atoms with Gasteiger partial charge in [-0.25, -0.2) is 0 Å². The van der Waals surface area contributed by atoms with Gasteiger partial charge in [0.1, 0.15) is 0 Å². The molecule has 2 aromatic carbocycles. The summed E-state index contributed by atoms with van der Waals surface area (Å²) in [4.78, 5) is 3.33. The number of aromatic nitrogens is 1. The Balaban J connectivity index is 1.57. The fraction of sp³-hybridized carbons (Fsp3) is 0.222. The third kappa shape index (κ3) is 2.75. The first-order chi connectivity index (χ1) is 9.84. The van der Waals surface area contributed by atoms with E-state index in [1.54, 1.807) is 0 Å². The Labute approximate surface area is 119 Å². The molecule has 0 atom stereocenters. The number of aryl methyl sites for hydroxylation is 1. The zero-order valence-electron chi connectivity index (χ0n) is 11.8. The molecule has 0 amide bonds. The highest BCUT2D eigenvalue weighted by Gasteiger charge is 2.02. The third-order valence-corrected chi connectivity index (χ3v) is 3.82. The molecule has 102 valence electrons. The Kier molecular flexibility index (Phi) is 3.84. The summed E-state index contributed by atoms with van der Waals surface area (Å²) < 4.78 is 0. The van der Waals surface area contributed by atoms with Crippen LogP contribution in [0.3, 0.4) is 0 Å². The standard InChI is InChI=1S/C18H20N2/c1-14-6-2-3-7-15(14)12-19-11-10-16-13-20-18-9-5-4-8-17(16)18/h2-9,13,19-20H,10-12H2,1H3. The second-order valence-electron chi connectivity index (χ2n) is 5.21. The average Bonchev–Trinajstić information content (AvgIpc) is 2.89. The van der Waals surface area contributed by atoms with E-state index in [2.05, 4.69) is 72.0 Å². The van der Waals surface area contributed by atoms with Gasteiger partial charge in [-0.3, -0.25) is 0 Å². The predicted molar refractivity (Wildman–Crippen MR) is 84.9 cm³/mol. The van der Waals surface area contributed by atoms with Crippen LogP contribution in [0.4, 0.5) is 0 Å². The normalized spacial score (nSPS) is 11.1. The lowest BCUT2D eigenvalue weighted by Crippen LogP contribution is -2.17. The van der Waals surface area contributed by atoms with E-state index in [1.807, 2.05) is 0 Å². The largest absolute Gasteiger partial charge is 0.361 e. The first-order valence-electron chi connectivity index (χ1n) is 7.15. The van der Waals surface area contributed by atoms with Crippen molar-refractivity contribution < 1.29 is 0 Å². The molecular formula is C18H20N2. The summed E-state index contributed by atoms with van der Waals surface area (Å²) in [6, 6.07) is 17.0. The molecular weight excluding hydrogens is 244 g/mol. The van der Waals surface area contributed by atoms with Gasteiger partial charge >= 0.3 is 0 Å². The van der Waals surface area contributed by atoms with Crippen molar-refractivity contribution in [1.82, 2.24) is 10.3 Å². The first kappa shape index (κ1) is 12.9. The number of H-pyrrole nitrogens is 1. The lowest BCUT2D eigenvalue weighted by atomic mass is 10.1. The number of nitrogens with one attached hydrogen (secondary N) is 2. The fourth-order valence-corrected chi connectivity index (χ4v) is 2.59. The fourth-order valence-electron chi connectivity index (χ4n) is 2.59. The quantitative estimate of drug-likeness (QED) is 0.674. The summed E-state index contributed by atoms with van der Waals surface area (Å²) in [5.74, 6) is 0. The van der Waals surface area contributed by atoms with Crippen molar-refractivity contribution in [1.29, 1.82) is 0 Å². The van der Waals surface area contributed by atoms with Crippen molar-refractivity contribution in [2.24, 2.45) is 0 Å². The van der Waals surface area contributed by atoms with Crippen LogP contribution in [-0.2, 0) is 13.0 Å². The Bertz CT molecular complexity index is 697. The van der Waals surface area contributed by atoms with Gasteiger partial charge in [0.25, 0.3) is 0 Å². The Hall–Kier alpha value is -2.06. The minimum atomic E-state index is 0.940. The molecule has 3 rings (SSSR count). The summed E-state index contributed by atoms with van der Waals surface area (Å²) in [7, 11) is 0. The van der Waals surface area contributed by atoms with Gasteiger partial charge in [-0.15, -0.1) is 0 Å². The molecule has 20 heavy (non-hydrogen) atoms. The molecule has 1 heterocycles. The molecule has 0 aliphatic carbocycles. The number of rotatable bonds is 5. The molecule has 0 aliphatic rings. The zero-order valence-corrected chi connectivity index (χ0v) is 11.8. The summed E-state index contributed by atoms with van der Waals surface area (Å²) in [6.07, 6.45) is 3.18. The van der Waals surface area contributed by atoms with Crippen LogP contribution in [0.5, 0.6) is 0 Å². The minimum Gasteiger partial charge on any atom is -0.361 e. The molecule has 2 heteroatoms. The van der Waals surface area contributed by atoms with Gasteiger partial charge in [0.2, 0.25) is 0 Å². The third-order valence-electron chi connectivity index (χ3n) is 3.82. The number of benzene rings is 2. The maximum absolute atomic E-state index is 3.53. The second kappa shape index (κ2) is 5.93. The predicted octanol–water partition coefficient (Wildman–Crippen LogP) is 3.81. The van der Waals surface area contributed by atoms with Gasteiger partial charge in [-0.05, 0) is 42.6 Å². The number of hydrogen-bond acceptors (Lipinski definition) is 1. The van der Waals surface area contributed by atoms with Crippen molar-refractivity contribution >= 4 is 10.9 Å². The van der Waals surface area contributed by atoms with Crippen LogP contribution in [0, 0.1) is 6.92 Å². The number of fused-ring (bicyclic) bond motifs is 1. The lowest BCUT2D eigenvalue weighted by Gasteiger charge is -2.07. The Morgan fingerprint density at radius 1 is 0.950 bits per heavy atom. The minimum absolute atomic E-state index is 0.940. The average molecular weight is 264 g/mol. The highest BCUT2D eigenvalue weighted by Crippen LogP contribution is 2.17. The van der Waals surface area contributed by atoms with Crippen molar-refractivity contribution in [3.05, 3.63) is 71.4 Å². The van der Waals surface area contributed by atoms with E-state index in [0.717, 1.165) is 19.5 Å². The van der Waals surface area contributed by atoms with Crippen LogP contribution in [0.2, 0.25) is 0 Å². The Morgan fingerprint density at radius 2 is 1.75 bits per heavy atom. The van der Waals surface area contributed by atoms with E-state index in [0.29, 0.717) is 0 Å². The molecule has 0 spiro atoms. The van der Waals surface area contributed by atoms with E-state index in [9.17, 15) is 0 Å². The first-order valence-corrected chi connectivity index (χ1v) is 7.15. The zero-order chi connectivity index (χ0) is 13.8. The topological polar surface area (TPSA) is 27.8 Å². The molecule has 0 saturated carbocycles. The summed E-state index contributed by atoms with van der Waals surface area (Å²) in [6.45, 7) is 4.10.